The Labute approximate surface area is 225 Å². The summed E-state index contributed by atoms with van der Waals surface area (Å²) in [6.45, 7) is 6.97. The number of nitrogens with one attached hydrogen (secondary N) is 2. The van der Waals surface area contributed by atoms with E-state index in [9.17, 15) is 31.2 Å². The summed E-state index contributed by atoms with van der Waals surface area (Å²) in [5, 5.41) is 10.1. The third-order valence-electron chi connectivity index (χ3n) is 6.11. The number of likely N-dealkylation sites (tertiary alicyclic amines) is 1. The summed E-state index contributed by atoms with van der Waals surface area (Å²) in [6, 6.07) is 13.2. The van der Waals surface area contributed by atoms with Gasteiger partial charge in [-0.3, -0.25) is 14.3 Å². The maximum atomic E-state index is 12.8. The molecule has 0 radical (unpaired) electrons. The van der Waals surface area contributed by atoms with Gasteiger partial charge in [-0.1, -0.05) is 24.6 Å². The number of nitrogens with zero attached hydrogens (tertiary/aromatic N) is 1. The van der Waals surface area contributed by atoms with Crippen molar-refractivity contribution in [2.45, 2.75) is 57.1 Å². The molecule has 13 heteroatoms. The van der Waals surface area contributed by atoms with E-state index in [0.717, 1.165) is 12.0 Å². The number of aliphatic carboxylic acids is 1. The molecule has 1 aliphatic rings. The maximum Gasteiger partial charge on any atom is 0.490 e. The summed E-state index contributed by atoms with van der Waals surface area (Å²) >= 11 is 0. The van der Waals surface area contributed by atoms with Crippen LogP contribution in [-0.4, -0.2) is 61.5 Å². The van der Waals surface area contributed by atoms with Crippen LogP contribution in [-0.2, 0) is 19.6 Å². The van der Waals surface area contributed by atoms with E-state index in [2.05, 4.69) is 10.0 Å². The fourth-order valence-corrected chi connectivity index (χ4v) is 4.66. The maximum absolute atomic E-state index is 12.8. The molecule has 2 amide bonds. The Morgan fingerprint density at radius 2 is 1.54 bits per heavy atom. The highest BCUT2D eigenvalue weighted by Crippen LogP contribution is 2.22. The molecule has 39 heavy (non-hydrogen) atoms. The van der Waals surface area contributed by atoms with Crippen LogP contribution in [0.4, 0.5) is 18.9 Å². The van der Waals surface area contributed by atoms with Gasteiger partial charge in [-0.15, -0.1) is 0 Å². The van der Waals surface area contributed by atoms with Gasteiger partial charge in [-0.2, -0.15) is 13.2 Å². The van der Waals surface area contributed by atoms with Crippen LogP contribution >= 0.6 is 0 Å². The van der Waals surface area contributed by atoms with Gasteiger partial charge in [0.2, 0.25) is 5.91 Å². The molecule has 1 aliphatic heterocycles. The zero-order valence-corrected chi connectivity index (χ0v) is 22.6. The summed E-state index contributed by atoms with van der Waals surface area (Å²) in [4.78, 5) is 36.0. The van der Waals surface area contributed by atoms with Gasteiger partial charge >= 0.3 is 12.1 Å². The van der Waals surface area contributed by atoms with E-state index >= 15 is 0 Å². The molecule has 1 saturated heterocycles. The number of aryl methyl sites for hydroxylation is 1. The predicted molar refractivity (Wildman–Crippen MR) is 139 cm³/mol. The average Bonchev–Trinajstić information content (AvgIpc) is 2.88. The van der Waals surface area contributed by atoms with Crippen molar-refractivity contribution < 1.29 is 41.1 Å². The Morgan fingerprint density at radius 1 is 1.03 bits per heavy atom. The largest absolute Gasteiger partial charge is 0.490 e. The molecule has 0 spiro atoms. The molecule has 214 valence electrons. The highest BCUT2D eigenvalue weighted by atomic mass is 32.2. The van der Waals surface area contributed by atoms with Crippen molar-refractivity contribution in [3.63, 3.8) is 0 Å². The Hall–Kier alpha value is -3.61. The minimum atomic E-state index is -5.08. The number of alkyl halides is 3. The molecular weight excluding hydrogens is 539 g/mol. The zero-order chi connectivity index (χ0) is 29.4. The zero-order valence-electron chi connectivity index (χ0n) is 21.8. The number of anilines is 1. The number of halogens is 3. The Bertz CT molecular complexity index is 1240. The molecule has 1 atom stereocenters. The number of amides is 2. The molecule has 1 fully saturated rings. The summed E-state index contributed by atoms with van der Waals surface area (Å²) in [5.41, 5.74) is 1.86. The number of carbonyl (C=O) groups excluding carboxylic acids is 2. The van der Waals surface area contributed by atoms with E-state index in [1.807, 2.05) is 20.8 Å². The number of benzene rings is 2. The monoisotopic (exact) mass is 571 g/mol. The molecule has 0 saturated carbocycles. The van der Waals surface area contributed by atoms with Gasteiger partial charge in [-0.05, 0) is 69.5 Å². The molecule has 2 aromatic rings. The summed E-state index contributed by atoms with van der Waals surface area (Å²) in [5.74, 6) is -2.87. The second-order valence-corrected chi connectivity index (χ2v) is 10.9. The number of sulfonamides is 1. The first-order valence-electron chi connectivity index (χ1n) is 12.2. The smallest absolute Gasteiger partial charge is 0.475 e. The standard InChI is InChI=1S/C24H31N3O4S.C2HF3O2/c1-4-18(3)25-23(28)19-13-15-27(16-14-19)24(29)20-7-9-21(10-8-20)26-32(30,31)22-11-5-17(2)6-12-22;3-2(4,5)1(6)7/h5-12,18-19,26H,4,13-16H2,1-3H3,(H,25,28);(H,6,7). The van der Waals surface area contributed by atoms with Crippen LogP contribution in [0, 0.1) is 12.8 Å². The quantitative estimate of drug-likeness (QED) is 0.457. The van der Waals surface area contributed by atoms with Gasteiger partial charge < -0.3 is 15.3 Å². The fourth-order valence-electron chi connectivity index (χ4n) is 3.60. The van der Waals surface area contributed by atoms with Crippen molar-refractivity contribution in [3.05, 3.63) is 59.7 Å². The molecule has 0 aromatic heterocycles. The Balaban J connectivity index is 0.000000673. The van der Waals surface area contributed by atoms with E-state index < -0.39 is 22.2 Å². The second-order valence-electron chi connectivity index (χ2n) is 9.18. The lowest BCUT2D eigenvalue weighted by atomic mass is 9.95. The Kier molecular flexibility index (Phi) is 10.9. The first-order valence-corrected chi connectivity index (χ1v) is 13.7. The van der Waals surface area contributed by atoms with E-state index in [-0.39, 0.29) is 28.7 Å². The molecule has 0 aliphatic carbocycles. The van der Waals surface area contributed by atoms with Crippen molar-refractivity contribution in [2.24, 2.45) is 5.92 Å². The van der Waals surface area contributed by atoms with Crippen LogP contribution < -0.4 is 10.0 Å². The van der Waals surface area contributed by atoms with Crippen LogP contribution in [0.3, 0.4) is 0 Å². The van der Waals surface area contributed by atoms with Crippen LogP contribution in [0.5, 0.6) is 0 Å². The van der Waals surface area contributed by atoms with Crippen LogP contribution in [0.15, 0.2) is 53.4 Å². The number of hydrogen-bond acceptors (Lipinski definition) is 5. The lowest BCUT2D eigenvalue weighted by molar-refractivity contribution is -0.192. The lowest BCUT2D eigenvalue weighted by Crippen LogP contribution is -2.44. The predicted octanol–water partition coefficient (Wildman–Crippen LogP) is 4.20. The van der Waals surface area contributed by atoms with Crippen molar-refractivity contribution in [1.82, 2.24) is 10.2 Å². The number of piperidine rings is 1. The van der Waals surface area contributed by atoms with Crippen molar-refractivity contribution in [2.75, 3.05) is 17.8 Å². The molecule has 3 rings (SSSR count). The lowest BCUT2D eigenvalue weighted by Gasteiger charge is -2.32. The summed E-state index contributed by atoms with van der Waals surface area (Å²) in [6.07, 6.45) is -2.91. The van der Waals surface area contributed by atoms with Crippen LogP contribution in [0.2, 0.25) is 0 Å². The van der Waals surface area contributed by atoms with Crippen LogP contribution in [0.25, 0.3) is 0 Å². The summed E-state index contributed by atoms with van der Waals surface area (Å²) < 4.78 is 59.3. The minimum absolute atomic E-state index is 0.0633. The topological polar surface area (TPSA) is 133 Å². The third-order valence-corrected chi connectivity index (χ3v) is 7.51. The molecule has 0 bridgehead atoms. The number of hydrogen-bond donors (Lipinski definition) is 3. The average molecular weight is 572 g/mol. The van der Waals surface area contributed by atoms with Gasteiger partial charge in [0.05, 0.1) is 4.90 Å². The molecule has 3 N–H and O–H groups in total. The van der Waals surface area contributed by atoms with E-state index in [4.69, 9.17) is 9.90 Å². The molecule has 9 nitrogen and oxygen atoms in total. The Morgan fingerprint density at radius 3 is 2.00 bits per heavy atom. The SMILES string of the molecule is CCC(C)NC(=O)C1CCN(C(=O)c2ccc(NS(=O)(=O)c3ccc(C)cc3)cc2)CC1.O=C(O)C(F)(F)F. The van der Waals surface area contributed by atoms with Gasteiger partial charge in [0.25, 0.3) is 15.9 Å². The second kappa shape index (κ2) is 13.5. The van der Waals surface area contributed by atoms with E-state index in [1.165, 1.54) is 0 Å². The third kappa shape index (κ3) is 9.57. The van der Waals surface area contributed by atoms with Gasteiger partial charge in [0.1, 0.15) is 0 Å². The summed E-state index contributed by atoms with van der Waals surface area (Å²) in [7, 11) is -3.69. The van der Waals surface area contributed by atoms with Crippen molar-refractivity contribution in [1.29, 1.82) is 0 Å². The minimum Gasteiger partial charge on any atom is -0.475 e. The van der Waals surface area contributed by atoms with Crippen LogP contribution in [0.1, 0.15) is 49.0 Å². The van der Waals surface area contributed by atoms with Gasteiger partial charge in [0, 0.05) is 36.3 Å². The van der Waals surface area contributed by atoms with Gasteiger partial charge in [0.15, 0.2) is 0 Å². The van der Waals surface area contributed by atoms with Gasteiger partial charge in [-0.25, -0.2) is 13.2 Å². The number of carboxylic acid groups (broad SMARTS) is 1. The number of rotatable bonds is 7. The highest BCUT2D eigenvalue weighted by molar-refractivity contribution is 7.92. The van der Waals surface area contributed by atoms with Crippen molar-refractivity contribution >= 4 is 33.5 Å². The molecule has 1 unspecified atom stereocenters. The first kappa shape index (κ1) is 31.6. The highest BCUT2D eigenvalue weighted by Gasteiger charge is 2.38. The number of carboxylic acids is 1. The molecule has 2 aromatic carbocycles. The molecular formula is C26H32F3N3O6S. The molecule has 1 heterocycles. The van der Waals surface area contributed by atoms with Crippen molar-refractivity contribution in [3.8, 4) is 0 Å². The van der Waals surface area contributed by atoms with E-state index in [1.54, 1.807) is 53.4 Å². The first-order chi connectivity index (χ1) is 18.1. The number of carbonyl (C=O) groups is 3. The normalized spacial score (nSPS) is 15.0. The van der Waals surface area contributed by atoms with E-state index in [0.29, 0.717) is 37.2 Å². The fraction of sp³-hybridized carbons (Fsp3) is 0.423.